The van der Waals surface area contributed by atoms with Crippen molar-refractivity contribution >= 4 is 23.2 Å². The first-order valence-corrected chi connectivity index (χ1v) is 8.47. The molecule has 0 unspecified atom stereocenters. The lowest BCUT2D eigenvalue weighted by Crippen LogP contribution is -2.20. The number of nitrogens with zero attached hydrogens (tertiary/aromatic N) is 1. The highest BCUT2D eigenvalue weighted by Gasteiger charge is 2.29. The average Bonchev–Trinajstić information content (AvgIpc) is 3.51. The van der Waals surface area contributed by atoms with Gasteiger partial charge >= 0.3 is 0 Å². The van der Waals surface area contributed by atoms with Crippen LogP contribution in [0.15, 0.2) is 53.6 Å². The second kappa shape index (κ2) is 7.82. The van der Waals surface area contributed by atoms with E-state index in [1.807, 2.05) is 24.3 Å². The van der Waals surface area contributed by atoms with Crippen LogP contribution >= 0.6 is 0 Å². The Bertz CT molecular complexity index is 857. The number of nitrogens with one attached hydrogen (secondary N) is 2. The SMILES string of the molecule is COc1ccccc1C(=O)N/N=C(/C)c1cccc(NC(=O)C2CC2)c1. The van der Waals surface area contributed by atoms with Gasteiger partial charge < -0.3 is 10.1 Å². The number of benzene rings is 2. The third-order valence-corrected chi connectivity index (χ3v) is 4.17. The Hall–Kier alpha value is -3.15. The molecule has 1 aliphatic rings. The van der Waals surface area contributed by atoms with Crippen LogP contribution in [0.5, 0.6) is 5.75 Å². The van der Waals surface area contributed by atoms with Crippen molar-refractivity contribution in [3.8, 4) is 5.75 Å². The third-order valence-electron chi connectivity index (χ3n) is 4.17. The van der Waals surface area contributed by atoms with Gasteiger partial charge in [0.05, 0.1) is 18.4 Å². The van der Waals surface area contributed by atoms with Crippen LogP contribution in [0.4, 0.5) is 5.69 Å². The highest BCUT2D eigenvalue weighted by Crippen LogP contribution is 2.30. The summed E-state index contributed by atoms with van der Waals surface area (Å²) in [7, 11) is 1.52. The predicted octanol–water partition coefficient (Wildman–Crippen LogP) is 3.20. The molecule has 2 aromatic rings. The summed E-state index contributed by atoms with van der Waals surface area (Å²) in [4.78, 5) is 24.2. The molecule has 0 saturated heterocycles. The van der Waals surface area contributed by atoms with Crippen molar-refractivity contribution in [3.05, 3.63) is 59.7 Å². The number of hydrazone groups is 1. The predicted molar refractivity (Wildman–Crippen MR) is 100 cm³/mol. The molecule has 1 saturated carbocycles. The van der Waals surface area contributed by atoms with E-state index in [1.165, 1.54) is 7.11 Å². The number of carbonyl (C=O) groups excluding carboxylic acids is 2. The fraction of sp³-hybridized carbons (Fsp3) is 0.250. The van der Waals surface area contributed by atoms with Crippen molar-refractivity contribution < 1.29 is 14.3 Å². The molecule has 0 aliphatic heterocycles. The Kier molecular flexibility index (Phi) is 5.31. The molecule has 134 valence electrons. The Morgan fingerprint density at radius 1 is 1.12 bits per heavy atom. The summed E-state index contributed by atoms with van der Waals surface area (Å²) in [5, 5.41) is 7.07. The number of amides is 2. The lowest BCUT2D eigenvalue weighted by atomic mass is 10.1. The van der Waals surface area contributed by atoms with Crippen molar-refractivity contribution in [2.24, 2.45) is 11.0 Å². The summed E-state index contributed by atoms with van der Waals surface area (Å²) < 4.78 is 5.19. The van der Waals surface area contributed by atoms with Gasteiger partial charge in [-0.15, -0.1) is 0 Å². The van der Waals surface area contributed by atoms with Gasteiger partial charge in [0.1, 0.15) is 5.75 Å². The van der Waals surface area contributed by atoms with Gasteiger partial charge in [0.25, 0.3) is 5.91 Å². The van der Waals surface area contributed by atoms with Crippen molar-refractivity contribution in [2.75, 3.05) is 12.4 Å². The Labute approximate surface area is 152 Å². The van der Waals surface area contributed by atoms with E-state index in [0.29, 0.717) is 17.0 Å². The number of hydrogen-bond donors (Lipinski definition) is 2. The van der Waals surface area contributed by atoms with Crippen LogP contribution in [0.3, 0.4) is 0 Å². The van der Waals surface area contributed by atoms with E-state index >= 15 is 0 Å². The minimum Gasteiger partial charge on any atom is -0.496 e. The summed E-state index contributed by atoms with van der Waals surface area (Å²) >= 11 is 0. The number of methoxy groups -OCH3 is 1. The smallest absolute Gasteiger partial charge is 0.275 e. The number of ether oxygens (including phenoxy) is 1. The minimum atomic E-state index is -0.347. The molecule has 1 aliphatic carbocycles. The fourth-order valence-corrected chi connectivity index (χ4v) is 2.50. The van der Waals surface area contributed by atoms with Crippen LogP contribution < -0.4 is 15.5 Å². The first-order chi connectivity index (χ1) is 12.6. The molecule has 0 aromatic heterocycles. The van der Waals surface area contributed by atoms with Crippen LogP contribution in [-0.2, 0) is 4.79 Å². The molecule has 2 amide bonds. The van der Waals surface area contributed by atoms with Gasteiger partial charge in [-0.05, 0) is 49.6 Å². The second-order valence-electron chi connectivity index (χ2n) is 6.18. The van der Waals surface area contributed by atoms with Gasteiger partial charge in [0.2, 0.25) is 5.91 Å². The van der Waals surface area contributed by atoms with Crippen molar-refractivity contribution in [2.45, 2.75) is 19.8 Å². The van der Waals surface area contributed by atoms with Crippen LogP contribution in [0, 0.1) is 5.92 Å². The summed E-state index contributed by atoms with van der Waals surface area (Å²) in [5.74, 6) is 0.345. The standard InChI is InChI=1S/C20H21N3O3/c1-13(22-23-20(25)17-8-3-4-9-18(17)26-2)15-6-5-7-16(12-15)21-19(24)14-10-11-14/h3-9,12,14H,10-11H2,1-2H3,(H,21,24)(H,23,25)/b22-13-. The van der Waals surface area contributed by atoms with E-state index in [0.717, 1.165) is 24.1 Å². The molecule has 0 atom stereocenters. The van der Waals surface area contributed by atoms with Crippen molar-refractivity contribution in [3.63, 3.8) is 0 Å². The molecule has 0 radical (unpaired) electrons. The molecule has 3 rings (SSSR count). The summed E-state index contributed by atoms with van der Waals surface area (Å²) in [6.07, 6.45) is 1.92. The van der Waals surface area contributed by atoms with Crippen LogP contribution in [0.2, 0.25) is 0 Å². The zero-order chi connectivity index (χ0) is 18.5. The first kappa shape index (κ1) is 17.7. The quantitative estimate of drug-likeness (QED) is 0.619. The van der Waals surface area contributed by atoms with Gasteiger partial charge in [-0.2, -0.15) is 5.10 Å². The first-order valence-electron chi connectivity index (χ1n) is 8.47. The summed E-state index contributed by atoms with van der Waals surface area (Å²) in [5.41, 5.74) is 5.14. The maximum Gasteiger partial charge on any atom is 0.275 e. The Morgan fingerprint density at radius 2 is 1.88 bits per heavy atom. The molecule has 2 N–H and O–H groups in total. The minimum absolute atomic E-state index is 0.0567. The van der Waals surface area contributed by atoms with E-state index in [4.69, 9.17) is 4.74 Å². The number of para-hydroxylation sites is 1. The van der Waals surface area contributed by atoms with Gasteiger partial charge in [-0.25, -0.2) is 5.43 Å². The highest BCUT2D eigenvalue weighted by molar-refractivity contribution is 6.03. The highest BCUT2D eigenvalue weighted by atomic mass is 16.5. The lowest BCUT2D eigenvalue weighted by Gasteiger charge is -2.08. The van der Waals surface area contributed by atoms with Gasteiger partial charge in [-0.3, -0.25) is 9.59 Å². The van der Waals surface area contributed by atoms with Crippen molar-refractivity contribution in [1.82, 2.24) is 5.43 Å². The Balaban J connectivity index is 1.69. The third kappa shape index (κ3) is 4.27. The van der Waals surface area contributed by atoms with E-state index in [1.54, 1.807) is 31.2 Å². The molecule has 0 spiro atoms. The van der Waals surface area contributed by atoms with E-state index in [-0.39, 0.29) is 17.7 Å². The normalized spacial score (nSPS) is 13.8. The molecule has 0 heterocycles. The molecule has 2 aromatic carbocycles. The van der Waals surface area contributed by atoms with E-state index in [2.05, 4.69) is 15.8 Å². The molecule has 6 heteroatoms. The van der Waals surface area contributed by atoms with Gasteiger partial charge in [-0.1, -0.05) is 24.3 Å². The Morgan fingerprint density at radius 3 is 2.62 bits per heavy atom. The van der Waals surface area contributed by atoms with E-state index in [9.17, 15) is 9.59 Å². The molecular weight excluding hydrogens is 330 g/mol. The summed E-state index contributed by atoms with van der Waals surface area (Å²) in [6.45, 7) is 1.80. The van der Waals surface area contributed by atoms with Crippen LogP contribution in [-0.4, -0.2) is 24.6 Å². The number of rotatable bonds is 6. The maximum absolute atomic E-state index is 12.3. The zero-order valence-electron chi connectivity index (χ0n) is 14.8. The lowest BCUT2D eigenvalue weighted by molar-refractivity contribution is -0.117. The van der Waals surface area contributed by atoms with Gasteiger partial charge in [0.15, 0.2) is 0 Å². The fourth-order valence-electron chi connectivity index (χ4n) is 2.50. The zero-order valence-corrected chi connectivity index (χ0v) is 14.8. The van der Waals surface area contributed by atoms with E-state index < -0.39 is 0 Å². The number of hydrogen-bond acceptors (Lipinski definition) is 4. The molecular formula is C20H21N3O3. The summed E-state index contributed by atoms with van der Waals surface area (Å²) in [6, 6.07) is 14.4. The van der Waals surface area contributed by atoms with Gasteiger partial charge in [0, 0.05) is 11.6 Å². The van der Waals surface area contributed by atoms with Crippen LogP contribution in [0.1, 0.15) is 35.7 Å². The maximum atomic E-state index is 12.3. The molecule has 0 bridgehead atoms. The average molecular weight is 351 g/mol. The molecule has 6 nitrogen and oxygen atoms in total. The molecule has 26 heavy (non-hydrogen) atoms. The second-order valence-corrected chi connectivity index (χ2v) is 6.18. The number of anilines is 1. The number of carbonyl (C=O) groups is 2. The molecule has 1 fully saturated rings. The topological polar surface area (TPSA) is 79.8 Å². The largest absolute Gasteiger partial charge is 0.496 e. The monoisotopic (exact) mass is 351 g/mol. The van der Waals surface area contributed by atoms with Crippen molar-refractivity contribution in [1.29, 1.82) is 0 Å². The van der Waals surface area contributed by atoms with Crippen LogP contribution in [0.25, 0.3) is 0 Å².